The summed E-state index contributed by atoms with van der Waals surface area (Å²) in [7, 11) is 0. The molecule has 0 atom stereocenters. The fourth-order valence-corrected chi connectivity index (χ4v) is 3.81. The van der Waals surface area contributed by atoms with Gasteiger partial charge in [0.1, 0.15) is 0 Å². The summed E-state index contributed by atoms with van der Waals surface area (Å²) in [5, 5.41) is 3.44. The van der Waals surface area contributed by atoms with Gasteiger partial charge in [0.05, 0.1) is 5.01 Å². The minimum Gasteiger partial charge on any atom is -0.381 e. The van der Waals surface area contributed by atoms with Gasteiger partial charge in [-0.1, -0.05) is 0 Å². The number of hydrogen-bond donors (Lipinski definition) is 0. The van der Waals surface area contributed by atoms with Crippen LogP contribution < -0.4 is 0 Å². The van der Waals surface area contributed by atoms with E-state index in [9.17, 15) is 0 Å². The summed E-state index contributed by atoms with van der Waals surface area (Å²) in [4.78, 5) is 7.13. The zero-order valence-corrected chi connectivity index (χ0v) is 11.0. The van der Waals surface area contributed by atoms with Crippen molar-refractivity contribution in [3.8, 4) is 0 Å². The molecule has 0 aromatic carbocycles. The average molecular weight is 252 g/mol. The molecule has 1 aromatic rings. The van der Waals surface area contributed by atoms with Crippen molar-refractivity contribution in [3.05, 3.63) is 16.6 Å². The fraction of sp³-hybridized carbons (Fsp3) is 0.769. The summed E-state index contributed by atoms with van der Waals surface area (Å²) in [6.07, 6.45) is 6.95. The topological polar surface area (TPSA) is 25.4 Å². The molecule has 0 bridgehead atoms. The summed E-state index contributed by atoms with van der Waals surface area (Å²) >= 11 is 1.82. The van der Waals surface area contributed by atoms with Gasteiger partial charge in [0, 0.05) is 36.8 Å². The Morgan fingerprint density at radius 3 is 2.59 bits per heavy atom. The van der Waals surface area contributed by atoms with Gasteiger partial charge < -0.3 is 9.64 Å². The van der Waals surface area contributed by atoms with Crippen molar-refractivity contribution in [2.45, 2.75) is 37.6 Å². The molecule has 0 N–H and O–H groups in total. The largest absolute Gasteiger partial charge is 0.381 e. The molecular formula is C13H20N2OS. The van der Waals surface area contributed by atoms with E-state index in [4.69, 9.17) is 4.74 Å². The minimum absolute atomic E-state index is 0.714. The zero-order valence-electron chi connectivity index (χ0n) is 10.2. The van der Waals surface area contributed by atoms with E-state index in [0.717, 1.165) is 19.3 Å². The molecule has 94 valence electrons. The lowest BCUT2D eigenvalue weighted by Crippen LogP contribution is -2.43. The third-order valence-electron chi connectivity index (χ3n) is 4.04. The van der Waals surface area contributed by atoms with Gasteiger partial charge in [-0.15, -0.1) is 11.3 Å². The molecule has 2 aliphatic heterocycles. The molecular weight excluding hydrogens is 232 g/mol. The van der Waals surface area contributed by atoms with Crippen LogP contribution in [0, 0.1) is 0 Å². The Bertz CT molecular complexity index is 327. The van der Waals surface area contributed by atoms with Crippen LogP contribution in [0.2, 0.25) is 0 Å². The maximum atomic E-state index is 5.44. The van der Waals surface area contributed by atoms with Gasteiger partial charge in [0.15, 0.2) is 0 Å². The van der Waals surface area contributed by atoms with Crippen LogP contribution in [0.1, 0.15) is 36.6 Å². The van der Waals surface area contributed by atoms with Gasteiger partial charge in [0.25, 0.3) is 0 Å². The summed E-state index contributed by atoms with van der Waals surface area (Å²) < 4.78 is 5.44. The van der Waals surface area contributed by atoms with Crippen LogP contribution in [-0.2, 0) is 4.74 Å². The van der Waals surface area contributed by atoms with Gasteiger partial charge in [-0.3, -0.25) is 0 Å². The normalized spacial score (nSPS) is 25.2. The second-order valence-electron chi connectivity index (χ2n) is 5.02. The van der Waals surface area contributed by atoms with E-state index in [0.29, 0.717) is 5.92 Å². The zero-order chi connectivity index (χ0) is 11.5. The summed E-state index contributed by atoms with van der Waals surface area (Å²) in [5.74, 6) is 0.714. The number of piperidine rings is 1. The molecule has 3 heterocycles. The highest BCUT2D eigenvalue weighted by molar-refractivity contribution is 7.09. The fourth-order valence-electron chi connectivity index (χ4n) is 3.00. The number of thiazole rings is 1. The first-order chi connectivity index (χ1) is 8.43. The third kappa shape index (κ3) is 2.69. The Labute approximate surface area is 107 Å². The molecule has 0 aliphatic carbocycles. The van der Waals surface area contributed by atoms with Crippen molar-refractivity contribution >= 4 is 11.3 Å². The number of ether oxygens (including phenoxy) is 1. The van der Waals surface area contributed by atoms with Crippen molar-refractivity contribution < 1.29 is 4.74 Å². The summed E-state index contributed by atoms with van der Waals surface area (Å²) in [5.41, 5.74) is 0. The Balaban J connectivity index is 1.53. The number of aromatic nitrogens is 1. The lowest BCUT2D eigenvalue weighted by molar-refractivity contribution is 0.0252. The molecule has 3 nitrogen and oxygen atoms in total. The predicted octanol–water partition coefficient (Wildman–Crippen LogP) is 2.50. The van der Waals surface area contributed by atoms with Crippen LogP contribution in [-0.4, -0.2) is 42.2 Å². The number of hydrogen-bond acceptors (Lipinski definition) is 4. The highest BCUT2D eigenvalue weighted by Gasteiger charge is 2.27. The first-order valence-electron chi connectivity index (χ1n) is 6.64. The van der Waals surface area contributed by atoms with Crippen LogP contribution in [0.15, 0.2) is 11.6 Å². The smallest absolute Gasteiger partial charge is 0.0956 e. The Morgan fingerprint density at radius 1 is 1.18 bits per heavy atom. The minimum atomic E-state index is 0.714. The van der Waals surface area contributed by atoms with Crippen LogP contribution in [0.3, 0.4) is 0 Å². The third-order valence-corrected chi connectivity index (χ3v) is 4.98. The standard InChI is InChI=1S/C13H20N2OS/c1-6-15(12-3-8-16-9-4-12)7-2-11(1)13-14-5-10-17-13/h5,10-12H,1-4,6-9H2. The molecule has 2 saturated heterocycles. The van der Waals surface area contributed by atoms with Gasteiger partial charge in [-0.2, -0.15) is 0 Å². The van der Waals surface area contributed by atoms with Gasteiger partial charge in [-0.05, 0) is 38.8 Å². The van der Waals surface area contributed by atoms with Crippen LogP contribution in [0.4, 0.5) is 0 Å². The van der Waals surface area contributed by atoms with E-state index < -0.39 is 0 Å². The quantitative estimate of drug-likeness (QED) is 0.808. The monoisotopic (exact) mass is 252 g/mol. The molecule has 2 fully saturated rings. The van der Waals surface area contributed by atoms with Crippen molar-refractivity contribution in [2.75, 3.05) is 26.3 Å². The van der Waals surface area contributed by atoms with Gasteiger partial charge >= 0.3 is 0 Å². The van der Waals surface area contributed by atoms with Crippen LogP contribution in [0.25, 0.3) is 0 Å². The number of rotatable bonds is 2. The summed E-state index contributed by atoms with van der Waals surface area (Å²) in [6, 6.07) is 0.779. The van der Waals surface area contributed by atoms with Crippen LogP contribution in [0.5, 0.6) is 0 Å². The van der Waals surface area contributed by atoms with Gasteiger partial charge in [-0.25, -0.2) is 4.98 Å². The first kappa shape index (κ1) is 11.6. The number of nitrogens with zero attached hydrogens (tertiary/aromatic N) is 2. The molecule has 0 radical (unpaired) electrons. The van der Waals surface area contributed by atoms with Gasteiger partial charge in [0.2, 0.25) is 0 Å². The molecule has 0 amide bonds. The van der Waals surface area contributed by atoms with Crippen molar-refractivity contribution in [3.63, 3.8) is 0 Å². The van der Waals surface area contributed by atoms with E-state index in [2.05, 4.69) is 15.3 Å². The Kier molecular flexibility index (Phi) is 3.74. The lowest BCUT2D eigenvalue weighted by Gasteiger charge is -2.38. The second kappa shape index (κ2) is 5.46. The Morgan fingerprint density at radius 2 is 1.94 bits per heavy atom. The molecule has 0 spiro atoms. The van der Waals surface area contributed by atoms with E-state index >= 15 is 0 Å². The maximum Gasteiger partial charge on any atom is 0.0956 e. The van der Waals surface area contributed by atoms with Crippen LogP contribution >= 0.6 is 11.3 Å². The van der Waals surface area contributed by atoms with Crippen molar-refractivity contribution in [1.29, 1.82) is 0 Å². The molecule has 4 heteroatoms. The van der Waals surface area contributed by atoms with E-state index in [1.807, 2.05) is 17.5 Å². The molecule has 0 unspecified atom stereocenters. The predicted molar refractivity (Wildman–Crippen MR) is 69.5 cm³/mol. The maximum absolute atomic E-state index is 5.44. The number of likely N-dealkylation sites (tertiary alicyclic amines) is 1. The molecule has 17 heavy (non-hydrogen) atoms. The van der Waals surface area contributed by atoms with E-state index in [-0.39, 0.29) is 0 Å². The molecule has 1 aromatic heterocycles. The highest BCUT2D eigenvalue weighted by atomic mass is 32.1. The Hall–Kier alpha value is -0.450. The molecule has 3 rings (SSSR count). The van der Waals surface area contributed by atoms with Crippen molar-refractivity contribution in [2.24, 2.45) is 0 Å². The first-order valence-corrected chi connectivity index (χ1v) is 7.52. The van der Waals surface area contributed by atoms with E-state index in [1.54, 1.807) is 0 Å². The van der Waals surface area contributed by atoms with E-state index in [1.165, 1.54) is 43.8 Å². The SMILES string of the molecule is c1csc(C2CCN(C3CCOCC3)CC2)n1. The molecule has 2 aliphatic rings. The second-order valence-corrected chi connectivity index (χ2v) is 5.95. The molecule has 0 saturated carbocycles. The lowest BCUT2D eigenvalue weighted by atomic mass is 9.95. The highest BCUT2D eigenvalue weighted by Crippen LogP contribution is 2.31. The average Bonchev–Trinajstić information content (AvgIpc) is 2.94. The van der Waals surface area contributed by atoms with Crippen molar-refractivity contribution in [1.82, 2.24) is 9.88 Å². The summed E-state index contributed by atoms with van der Waals surface area (Å²) in [6.45, 7) is 4.40.